The van der Waals surface area contributed by atoms with Crippen LogP contribution in [0.3, 0.4) is 0 Å². The van der Waals surface area contributed by atoms with Crippen molar-refractivity contribution < 1.29 is 9.72 Å². The second kappa shape index (κ2) is 7.81. The number of aryl methyl sites for hydroxylation is 1. The van der Waals surface area contributed by atoms with Gasteiger partial charge >= 0.3 is 0 Å². The lowest BCUT2D eigenvalue weighted by Crippen LogP contribution is -2.30. The molecule has 2 aromatic carbocycles. The third kappa shape index (κ3) is 4.29. The van der Waals surface area contributed by atoms with Crippen LogP contribution in [0.4, 0.5) is 11.4 Å². The van der Waals surface area contributed by atoms with Crippen LogP contribution in [-0.2, 0) is 11.3 Å². The van der Waals surface area contributed by atoms with E-state index in [0.717, 1.165) is 20.8 Å². The number of nitrogens with zero attached hydrogens (tertiary/aromatic N) is 3. The molecule has 3 aromatic rings. The van der Waals surface area contributed by atoms with Crippen molar-refractivity contribution in [3.63, 3.8) is 0 Å². The van der Waals surface area contributed by atoms with Gasteiger partial charge in [-0.1, -0.05) is 18.2 Å². The highest BCUT2D eigenvalue weighted by atomic mass is 32.1. The molecule has 27 heavy (non-hydrogen) atoms. The summed E-state index contributed by atoms with van der Waals surface area (Å²) < 4.78 is 1.11. The van der Waals surface area contributed by atoms with Crippen LogP contribution in [0.25, 0.3) is 10.2 Å². The van der Waals surface area contributed by atoms with Crippen molar-refractivity contribution in [2.75, 3.05) is 18.9 Å². The molecule has 0 aliphatic carbocycles. The predicted molar refractivity (Wildman–Crippen MR) is 107 cm³/mol. The summed E-state index contributed by atoms with van der Waals surface area (Å²) in [6.07, 6.45) is 0. The van der Waals surface area contributed by atoms with Gasteiger partial charge in [0, 0.05) is 6.07 Å². The first-order valence-corrected chi connectivity index (χ1v) is 9.24. The molecule has 0 aliphatic heterocycles. The Kier molecular flexibility index (Phi) is 5.48. The van der Waals surface area contributed by atoms with Gasteiger partial charge in [0.1, 0.15) is 10.7 Å². The molecule has 8 heteroatoms. The molecule has 7 nitrogen and oxygen atoms in total. The highest BCUT2D eigenvalue weighted by Crippen LogP contribution is 2.30. The minimum atomic E-state index is -0.479. The van der Waals surface area contributed by atoms with Gasteiger partial charge in [0.2, 0.25) is 5.91 Å². The molecule has 1 N–H and O–H groups in total. The molecular weight excluding hydrogens is 364 g/mol. The zero-order valence-electron chi connectivity index (χ0n) is 15.4. The average Bonchev–Trinajstić information content (AvgIpc) is 3.00. The SMILES string of the molecule is Cc1ccc([N+](=O)[O-])c(NC(=O)CN(C)Cc2nc3ccccc3s2)c1C. The summed E-state index contributed by atoms with van der Waals surface area (Å²) in [5.41, 5.74) is 2.70. The molecule has 0 saturated carbocycles. The smallest absolute Gasteiger partial charge is 0.293 e. The zero-order valence-corrected chi connectivity index (χ0v) is 16.2. The van der Waals surface area contributed by atoms with Crippen molar-refractivity contribution in [2.24, 2.45) is 0 Å². The monoisotopic (exact) mass is 384 g/mol. The van der Waals surface area contributed by atoms with Crippen molar-refractivity contribution in [1.82, 2.24) is 9.88 Å². The lowest BCUT2D eigenvalue weighted by molar-refractivity contribution is -0.384. The summed E-state index contributed by atoms with van der Waals surface area (Å²) in [6, 6.07) is 11.0. The molecule has 0 bridgehead atoms. The molecule has 0 atom stereocenters. The number of nitro groups is 1. The number of rotatable bonds is 6. The maximum Gasteiger partial charge on any atom is 0.293 e. The Balaban J connectivity index is 1.68. The normalized spacial score (nSPS) is 11.1. The van der Waals surface area contributed by atoms with E-state index in [4.69, 9.17) is 0 Å². The standard InChI is InChI=1S/C19H20N4O3S/c1-12-8-9-15(23(25)26)19(13(12)2)21-17(24)10-22(3)11-18-20-14-6-4-5-7-16(14)27-18/h4-9H,10-11H2,1-3H3,(H,21,24). The number of fused-ring (bicyclic) bond motifs is 1. The van der Waals surface area contributed by atoms with E-state index in [0.29, 0.717) is 12.1 Å². The summed E-state index contributed by atoms with van der Waals surface area (Å²) in [5, 5.41) is 14.9. The van der Waals surface area contributed by atoms with Crippen molar-refractivity contribution in [1.29, 1.82) is 0 Å². The van der Waals surface area contributed by atoms with Crippen LogP contribution in [0.5, 0.6) is 0 Å². The lowest BCUT2D eigenvalue weighted by Gasteiger charge is -2.16. The van der Waals surface area contributed by atoms with Gasteiger partial charge in [-0.05, 0) is 44.2 Å². The van der Waals surface area contributed by atoms with Crippen LogP contribution in [0.2, 0.25) is 0 Å². The van der Waals surface area contributed by atoms with Gasteiger partial charge in [-0.3, -0.25) is 19.8 Å². The first-order chi connectivity index (χ1) is 12.8. The number of para-hydroxylation sites is 1. The zero-order chi connectivity index (χ0) is 19.6. The van der Waals surface area contributed by atoms with Gasteiger partial charge < -0.3 is 5.32 Å². The largest absolute Gasteiger partial charge is 0.319 e. The Morgan fingerprint density at radius 3 is 2.70 bits per heavy atom. The number of benzene rings is 2. The minimum Gasteiger partial charge on any atom is -0.319 e. The van der Waals surface area contributed by atoms with Crippen LogP contribution in [0.1, 0.15) is 16.1 Å². The number of nitrogens with one attached hydrogen (secondary N) is 1. The summed E-state index contributed by atoms with van der Waals surface area (Å²) in [6.45, 7) is 4.26. The summed E-state index contributed by atoms with van der Waals surface area (Å²) in [4.78, 5) is 29.6. The maximum absolute atomic E-state index is 12.4. The van der Waals surface area contributed by atoms with E-state index in [1.807, 2.05) is 43.1 Å². The Hall–Kier alpha value is -2.84. The third-order valence-electron chi connectivity index (χ3n) is 4.33. The summed E-state index contributed by atoms with van der Waals surface area (Å²) in [5.74, 6) is -0.296. The first kappa shape index (κ1) is 18.9. The van der Waals surface area contributed by atoms with Gasteiger partial charge in [-0.2, -0.15) is 0 Å². The highest BCUT2D eigenvalue weighted by molar-refractivity contribution is 7.18. The molecule has 1 aromatic heterocycles. The van der Waals surface area contributed by atoms with Gasteiger partial charge in [0.05, 0.1) is 28.2 Å². The number of likely N-dealkylation sites (N-methyl/N-ethyl adjacent to an activating group) is 1. The Morgan fingerprint density at radius 2 is 2.00 bits per heavy atom. The lowest BCUT2D eigenvalue weighted by atomic mass is 10.1. The van der Waals surface area contributed by atoms with Crippen LogP contribution in [0, 0.1) is 24.0 Å². The van der Waals surface area contributed by atoms with E-state index < -0.39 is 4.92 Å². The molecule has 3 rings (SSSR count). The van der Waals surface area contributed by atoms with Crippen LogP contribution < -0.4 is 5.32 Å². The number of anilines is 1. The van der Waals surface area contributed by atoms with E-state index in [1.165, 1.54) is 6.07 Å². The first-order valence-electron chi connectivity index (χ1n) is 8.42. The van der Waals surface area contributed by atoms with Crippen molar-refractivity contribution >= 4 is 38.8 Å². The quantitative estimate of drug-likeness (QED) is 0.514. The molecule has 140 valence electrons. The van der Waals surface area contributed by atoms with E-state index in [1.54, 1.807) is 24.3 Å². The number of hydrogen-bond donors (Lipinski definition) is 1. The Bertz CT molecular complexity index is 982. The fourth-order valence-corrected chi connectivity index (χ4v) is 3.86. The van der Waals surface area contributed by atoms with Gasteiger partial charge in [0.25, 0.3) is 5.69 Å². The van der Waals surface area contributed by atoms with E-state index in [2.05, 4.69) is 10.3 Å². The minimum absolute atomic E-state index is 0.0970. The maximum atomic E-state index is 12.4. The topological polar surface area (TPSA) is 88.4 Å². The average molecular weight is 384 g/mol. The molecule has 0 aliphatic rings. The van der Waals surface area contributed by atoms with Crippen molar-refractivity contribution in [3.05, 3.63) is 62.6 Å². The highest BCUT2D eigenvalue weighted by Gasteiger charge is 2.20. The Morgan fingerprint density at radius 1 is 1.26 bits per heavy atom. The van der Waals surface area contributed by atoms with E-state index >= 15 is 0 Å². The van der Waals surface area contributed by atoms with Crippen LogP contribution in [-0.4, -0.2) is 34.3 Å². The molecule has 0 saturated heterocycles. The van der Waals surface area contributed by atoms with Crippen molar-refractivity contribution in [2.45, 2.75) is 20.4 Å². The van der Waals surface area contributed by atoms with Gasteiger partial charge in [0.15, 0.2) is 0 Å². The van der Waals surface area contributed by atoms with Crippen LogP contribution in [0.15, 0.2) is 36.4 Å². The number of carbonyl (C=O) groups excluding carboxylic acids is 1. The molecular formula is C19H20N4O3S. The molecule has 0 unspecified atom stereocenters. The van der Waals surface area contributed by atoms with E-state index in [9.17, 15) is 14.9 Å². The fourth-order valence-electron chi connectivity index (χ4n) is 2.81. The molecule has 1 heterocycles. The number of hydrogen-bond acceptors (Lipinski definition) is 6. The number of amides is 1. The molecule has 1 amide bonds. The molecule has 0 fully saturated rings. The van der Waals surface area contributed by atoms with E-state index in [-0.39, 0.29) is 23.8 Å². The van der Waals surface area contributed by atoms with Gasteiger partial charge in [-0.15, -0.1) is 11.3 Å². The predicted octanol–water partition coefficient (Wildman–Crippen LogP) is 3.89. The second-order valence-corrected chi connectivity index (χ2v) is 7.57. The molecule has 0 radical (unpaired) electrons. The number of carbonyl (C=O) groups is 1. The third-order valence-corrected chi connectivity index (χ3v) is 5.35. The number of nitro benzene ring substituents is 1. The van der Waals surface area contributed by atoms with Crippen LogP contribution >= 0.6 is 11.3 Å². The molecule has 0 spiro atoms. The summed E-state index contributed by atoms with van der Waals surface area (Å²) >= 11 is 1.59. The fraction of sp³-hybridized carbons (Fsp3) is 0.263. The van der Waals surface area contributed by atoms with Crippen molar-refractivity contribution in [3.8, 4) is 0 Å². The Labute approximate surface area is 160 Å². The second-order valence-electron chi connectivity index (χ2n) is 6.45. The summed E-state index contributed by atoms with van der Waals surface area (Å²) in [7, 11) is 1.82. The number of thiazole rings is 1. The van der Waals surface area contributed by atoms with Gasteiger partial charge in [-0.25, -0.2) is 4.98 Å². The number of aromatic nitrogens is 1.